The van der Waals surface area contributed by atoms with E-state index in [1.807, 2.05) is 19.9 Å². The molecule has 0 spiro atoms. The smallest absolute Gasteiger partial charge is 0.243 e. The summed E-state index contributed by atoms with van der Waals surface area (Å²) in [6.07, 6.45) is 4.91. The fraction of sp³-hybridized carbons (Fsp3) is 0.550. The maximum Gasteiger partial charge on any atom is 0.243 e. The summed E-state index contributed by atoms with van der Waals surface area (Å²) >= 11 is 0. The van der Waals surface area contributed by atoms with Gasteiger partial charge in [-0.15, -0.1) is 0 Å². The molecule has 1 aromatic carbocycles. The van der Waals surface area contributed by atoms with E-state index in [-0.39, 0.29) is 11.8 Å². The van der Waals surface area contributed by atoms with E-state index in [0.717, 1.165) is 19.3 Å². The monoisotopic (exact) mass is 390 g/mol. The van der Waals surface area contributed by atoms with Gasteiger partial charge in [0.25, 0.3) is 0 Å². The van der Waals surface area contributed by atoms with Gasteiger partial charge in [0.2, 0.25) is 10.0 Å². The standard InChI is InChI=1S/C20H26N2O4S/c1-3-20(23)9-4-5-16-12-22(13-17(16)20)27(24,25)19-11-15(7-6-14(19)2)18-8-10-21-26-18/h6-8,10-11,16-17,23H,3-5,9,12-13H2,1-2H3/t16-,17+,20-/m1/s1. The topological polar surface area (TPSA) is 83.6 Å². The van der Waals surface area contributed by atoms with E-state index in [4.69, 9.17) is 4.52 Å². The highest BCUT2D eigenvalue weighted by atomic mass is 32.2. The molecule has 0 amide bonds. The highest BCUT2D eigenvalue weighted by Gasteiger charge is 2.50. The second-order valence-electron chi connectivity index (χ2n) is 7.89. The van der Waals surface area contributed by atoms with Crippen molar-refractivity contribution in [2.45, 2.75) is 50.0 Å². The van der Waals surface area contributed by atoms with E-state index in [9.17, 15) is 13.5 Å². The van der Waals surface area contributed by atoms with Gasteiger partial charge >= 0.3 is 0 Å². The minimum absolute atomic E-state index is 0.0174. The predicted octanol–water partition coefficient (Wildman–Crippen LogP) is 3.21. The zero-order chi connectivity index (χ0) is 19.2. The van der Waals surface area contributed by atoms with Crippen LogP contribution < -0.4 is 0 Å². The highest BCUT2D eigenvalue weighted by Crippen LogP contribution is 2.45. The molecule has 0 radical (unpaired) electrons. The van der Waals surface area contributed by atoms with Gasteiger partial charge in [0.1, 0.15) is 0 Å². The third-order valence-corrected chi connectivity index (χ3v) is 8.40. The largest absolute Gasteiger partial charge is 0.390 e. The lowest BCUT2D eigenvalue weighted by molar-refractivity contribution is -0.0605. The molecule has 0 unspecified atom stereocenters. The highest BCUT2D eigenvalue weighted by molar-refractivity contribution is 7.89. The summed E-state index contributed by atoms with van der Waals surface area (Å²) in [4.78, 5) is 0.301. The Kier molecular flexibility index (Phi) is 4.64. The summed E-state index contributed by atoms with van der Waals surface area (Å²) in [7, 11) is -3.64. The van der Waals surface area contributed by atoms with Crippen molar-refractivity contribution in [2.24, 2.45) is 11.8 Å². The van der Waals surface area contributed by atoms with Gasteiger partial charge in [0, 0.05) is 30.6 Å². The van der Waals surface area contributed by atoms with Gasteiger partial charge in [0.15, 0.2) is 5.76 Å². The van der Waals surface area contributed by atoms with Crippen LogP contribution in [0.2, 0.25) is 0 Å². The number of sulfonamides is 1. The molecule has 2 fully saturated rings. The van der Waals surface area contributed by atoms with Crippen molar-refractivity contribution in [1.29, 1.82) is 0 Å². The third kappa shape index (κ3) is 3.11. The van der Waals surface area contributed by atoms with E-state index in [1.54, 1.807) is 28.7 Å². The lowest BCUT2D eigenvalue weighted by Gasteiger charge is -2.40. The van der Waals surface area contributed by atoms with E-state index in [2.05, 4.69) is 5.16 Å². The van der Waals surface area contributed by atoms with E-state index >= 15 is 0 Å². The number of aromatic nitrogens is 1. The summed E-state index contributed by atoms with van der Waals surface area (Å²) in [6, 6.07) is 7.02. The molecule has 2 aromatic rings. The molecule has 1 aliphatic heterocycles. The van der Waals surface area contributed by atoms with Gasteiger partial charge in [0.05, 0.1) is 16.7 Å². The summed E-state index contributed by atoms with van der Waals surface area (Å²) in [5.41, 5.74) is 0.654. The SMILES string of the molecule is CC[C@@]1(O)CCC[C@@H]2CN(S(=O)(=O)c3cc(-c4ccno4)ccc3C)C[C@@H]21. The van der Waals surface area contributed by atoms with Crippen LogP contribution in [-0.4, -0.2) is 41.7 Å². The Morgan fingerprint density at radius 1 is 1.33 bits per heavy atom. The number of fused-ring (bicyclic) bond motifs is 1. The fourth-order valence-electron chi connectivity index (χ4n) is 4.76. The van der Waals surface area contributed by atoms with Gasteiger partial charge in [-0.25, -0.2) is 8.42 Å². The Hall–Kier alpha value is -1.70. The first-order chi connectivity index (χ1) is 12.8. The molecular formula is C20H26N2O4S. The first kappa shape index (κ1) is 18.7. The Morgan fingerprint density at radius 3 is 2.85 bits per heavy atom. The van der Waals surface area contributed by atoms with Crippen molar-refractivity contribution < 1.29 is 18.0 Å². The number of hydrogen-bond acceptors (Lipinski definition) is 5. The number of nitrogens with zero attached hydrogens (tertiary/aromatic N) is 2. The number of hydrogen-bond donors (Lipinski definition) is 1. The molecule has 0 bridgehead atoms. The van der Waals surface area contributed by atoms with Gasteiger partial charge in [-0.3, -0.25) is 0 Å². The van der Waals surface area contributed by atoms with Crippen LogP contribution >= 0.6 is 0 Å². The van der Waals surface area contributed by atoms with Gasteiger partial charge < -0.3 is 9.63 Å². The van der Waals surface area contributed by atoms with Crippen LogP contribution in [0.1, 0.15) is 38.2 Å². The Labute approximate surface area is 160 Å². The van der Waals surface area contributed by atoms with Crippen LogP contribution in [0.25, 0.3) is 11.3 Å². The molecule has 6 nitrogen and oxygen atoms in total. The Morgan fingerprint density at radius 2 is 2.15 bits per heavy atom. The minimum Gasteiger partial charge on any atom is -0.390 e. The number of rotatable bonds is 4. The molecule has 4 rings (SSSR count). The van der Waals surface area contributed by atoms with Crippen LogP contribution in [0.4, 0.5) is 0 Å². The molecule has 27 heavy (non-hydrogen) atoms. The first-order valence-electron chi connectivity index (χ1n) is 9.59. The molecule has 2 heterocycles. The quantitative estimate of drug-likeness (QED) is 0.867. The first-order valence-corrected chi connectivity index (χ1v) is 11.0. The molecule has 1 N–H and O–H groups in total. The molecule has 3 atom stereocenters. The lowest BCUT2D eigenvalue weighted by Crippen LogP contribution is -2.44. The fourth-order valence-corrected chi connectivity index (χ4v) is 6.53. The average molecular weight is 391 g/mol. The summed E-state index contributed by atoms with van der Waals surface area (Å²) in [5.74, 6) is 0.793. The molecule has 1 saturated heterocycles. The number of benzene rings is 1. The van der Waals surface area contributed by atoms with Gasteiger partial charge in [-0.05, 0) is 43.7 Å². The molecule has 1 saturated carbocycles. The number of aliphatic hydroxyl groups is 1. The third-order valence-electron chi connectivity index (χ3n) is 6.42. The molecule has 146 valence electrons. The van der Waals surface area contributed by atoms with Crippen molar-refractivity contribution in [3.8, 4) is 11.3 Å². The van der Waals surface area contributed by atoms with E-state index in [0.29, 0.717) is 41.3 Å². The zero-order valence-electron chi connectivity index (χ0n) is 15.8. The maximum absolute atomic E-state index is 13.4. The second kappa shape index (κ2) is 6.72. The van der Waals surface area contributed by atoms with Crippen LogP contribution in [0.3, 0.4) is 0 Å². The molecular weight excluding hydrogens is 364 g/mol. The normalized spacial score (nSPS) is 29.0. The van der Waals surface area contributed by atoms with E-state index < -0.39 is 15.6 Å². The summed E-state index contributed by atoms with van der Waals surface area (Å²) in [5, 5.41) is 14.7. The molecule has 1 aliphatic carbocycles. The molecule has 2 aliphatic rings. The van der Waals surface area contributed by atoms with Crippen molar-refractivity contribution in [3.63, 3.8) is 0 Å². The maximum atomic E-state index is 13.4. The van der Waals surface area contributed by atoms with Crippen molar-refractivity contribution in [2.75, 3.05) is 13.1 Å². The summed E-state index contributed by atoms with van der Waals surface area (Å²) in [6.45, 7) is 4.68. The van der Waals surface area contributed by atoms with Gasteiger partial charge in [-0.2, -0.15) is 4.31 Å². The molecule has 1 aromatic heterocycles. The lowest BCUT2D eigenvalue weighted by atomic mass is 9.69. The average Bonchev–Trinajstić information content (AvgIpc) is 3.33. The van der Waals surface area contributed by atoms with Crippen LogP contribution in [-0.2, 0) is 10.0 Å². The zero-order valence-corrected chi connectivity index (χ0v) is 16.6. The van der Waals surface area contributed by atoms with Crippen molar-refractivity contribution in [1.82, 2.24) is 9.46 Å². The Bertz CT molecular complexity index is 925. The molecule has 7 heteroatoms. The summed E-state index contributed by atoms with van der Waals surface area (Å²) < 4.78 is 33.6. The van der Waals surface area contributed by atoms with Crippen LogP contribution in [0, 0.1) is 18.8 Å². The van der Waals surface area contributed by atoms with E-state index in [1.165, 1.54) is 0 Å². The van der Waals surface area contributed by atoms with Crippen molar-refractivity contribution >= 4 is 10.0 Å². The van der Waals surface area contributed by atoms with Crippen LogP contribution in [0.5, 0.6) is 0 Å². The Balaban J connectivity index is 1.67. The van der Waals surface area contributed by atoms with Crippen molar-refractivity contribution in [3.05, 3.63) is 36.0 Å². The second-order valence-corrected chi connectivity index (χ2v) is 9.80. The van der Waals surface area contributed by atoms with Gasteiger partial charge in [-0.1, -0.05) is 30.6 Å². The minimum atomic E-state index is -3.64. The van der Waals surface area contributed by atoms with Crippen LogP contribution in [0.15, 0.2) is 39.9 Å². The predicted molar refractivity (Wildman–Crippen MR) is 102 cm³/mol. The number of aryl methyl sites for hydroxylation is 1.